The summed E-state index contributed by atoms with van der Waals surface area (Å²) >= 11 is 0. The molecular formula is C22H31N3O4. The maximum absolute atomic E-state index is 12.2. The summed E-state index contributed by atoms with van der Waals surface area (Å²) in [5.41, 5.74) is 2.25. The maximum atomic E-state index is 12.2. The van der Waals surface area contributed by atoms with E-state index in [0.29, 0.717) is 19.0 Å². The lowest BCUT2D eigenvalue weighted by molar-refractivity contribution is 0.0177. The third-order valence-corrected chi connectivity index (χ3v) is 5.10. The summed E-state index contributed by atoms with van der Waals surface area (Å²) in [7, 11) is 1.64. The first-order valence-corrected chi connectivity index (χ1v) is 10.1. The summed E-state index contributed by atoms with van der Waals surface area (Å²) in [5.74, 6) is 1.22. The second-order valence-electron chi connectivity index (χ2n) is 8.55. The number of nitrogens with zero attached hydrogens (tertiary/aromatic N) is 3. The van der Waals surface area contributed by atoms with Crippen LogP contribution in [0.25, 0.3) is 11.1 Å². The highest BCUT2D eigenvalue weighted by atomic mass is 16.6. The van der Waals surface area contributed by atoms with Gasteiger partial charge in [0, 0.05) is 37.0 Å². The van der Waals surface area contributed by atoms with Crippen LogP contribution in [0, 0.1) is 5.92 Å². The van der Waals surface area contributed by atoms with Crippen LogP contribution in [0.3, 0.4) is 0 Å². The number of rotatable bonds is 5. The molecule has 7 nitrogen and oxygen atoms in total. The van der Waals surface area contributed by atoms with Crippen molar-refractivity contribution < 1.29 is 19.4 Å². The Kier molecular flexibility index (Phi) is 6.47. The molecule has 1 aromatic carbocycles. The van der Waals surface area contributed by atoms with E-state index in [1.54, 1.807) is 12.0 Å². The first-order chi connectivity index (χ1) is 13.8. The largest absolute Gasteiger partial charge is 0.496 e. The van der Waals surface area contributed by atoms with Gasteiger partial charge in [-0.15, -0.1) is 0 Å². The molecule has 29 heavy (non-hydrogen) atoms. The molecule has 1 N–H and O–H groups in total. The average molecular weight is 402 g/mol. The molecule has 1 aromatic heterocycles. The van der Waals surface area contributed by atoms with E-state index in [9.17, 15) is 9.90 Å². The monoisotopic (exact) mass is 401 g/mol. The third kappa shape index (κ3) is 5.50. The second kappa shape index (κ2) is 8.86. The molecule has 0 unspecified atom stereocenters. The number of benzene rings is 1. The van der Waals surface area contributed by atoms with Gasteiger partial charge in [0.05, 0.1) is 19.9 Å². The molecule has 1 fully saturated rings. The summed E-state index contributed by atoms with van der Waals surface area (Å²) in [6.07, 6.45) is 5.47. The molecule has 0 atom stereocenters. The zero-order valence-corrected chi connectivity index (χ0v) is 17.7. The SMILES string of the molecule is COc1ccc(CO)cc1-c1cnn(CC2CCN(C(=O)OC(C)(C)C)CC2)c1. The molecule has 0 bridgehead atoms. The highest BCUT2D eigenvalue weighted by Gasteiger charge is 2.27. The molecule has 0 saturated carbocycles. The van der Waals surface area contributed by atoms with Gasteiger partial charge in [0.2, 0.25) is 0 Å². The molecule has 0 aliphatic carbocycles. The maximum Gasteiger partial charge on any atom is 0.410 e. The van der Waals surface area contributed by atoms with Gasteiger partial charge < -0.3 is 19.5 Å². The number of aromatic nitrogens is 2. The summed E-state index contributed by atoms with van der Waals surface area (Å²) in [6, 6.07) is 5.65. The van der Waals surface area contributed by atoms with E-state index in [4.69, 9.17) is 9.47 Å². The van der Waals surface area contributed by atoms with Crippen LogP contribution in [0.1, 0.15) is 39.2 Å². The van der Waals surface area contributed by atoms with Crippen molar-refractivity contribution in [1.29, 1.82) is 0 Å². The van der Waals surface area contributed by atoms with Crippen LogP contribution < -0.4 is 4.74 Å². The van der Waals surface area contributed by atoms with Crippen molar-refractivity contribution in [2.24, 2.45) is 5.92 Å². The Labute approximate surface area is 172 Å². The number of ether oxygens (including phenoxy) is 2. The summed E-state index contributed by atoms with van der Waals surface area (Å²) in [4.78, 5) is 14.0. The van der Waals surface area contributed by atoms with Gasteiger partial charge >= 0.3 is 6.09 Å². The van der Waals surface area contributed by atoms with Gasteiger partial charge in [-0.05, 0) is 57.2 Å². The fourth-order valence-electron chi connectivity index (χ4n) is 3.57. The zero-order chi connectivity index (χ0) is 21.0. The lowest BCUT2D eigenvalue weighted by atomic mass is 9.97. The molecule has 158 valence electrons. The zero-order valence-electron chi connectivity index (χ0n) is 17.7. The minimum absolute atomic E-state index is 0.0125. The van der Waals surface area contributed by atoms with E-state index < -0.39 is 5.60 Å². The van der Waals surface area contributed by atoms with Crippen molar-refractivity contribution in [1.82, 2.24) is 14.7 Å². The highest BCUT2D eigenvalue weighted by Crippen LogP contribution is 2.31. The van der Waals surface area contributed by atoms with E-state index in [0.717, 1.165) is 41.8 Å². The smallest absolute Gasteiger partial charge is 0.410 e. The van der Waals surface area contributed by atoms with E-state index in [2.05, 4.69) is 5.10 Å². The molecule has 3 rings (SSSR count). The van der Waals surface area contributed by atoms with Gasteiger partial charge in [-0.2, -0.15) is 5.10 Å². The molecule has 0 radical (unpaired) electrons. The van der Waals surface area contributed by atoms with Gasteiger partial charge in [0.1, 0.15) is 11.4 Å². The lowest BCUT2D eigenvalue weighted by Crippen LogP contribution is -2.42. The van der Waals surface area contributed by atoms with E-state index >= 15 is 0 Å². The van der Waals surface area contributed by atoms with Crippen molar-refractivity contribution >= 4 is 6.09 Å². The fraction of sp³-hybridized carbons (Fsp3) is 0.545. The number of hydrogen-bond acceptors (Lipinski definition) is 5. The Hall–Kier alpha value is -2.54. The van der Waals surface area contributed by atoms with E-state index in [-0.39, 0.29) is 12.7 Å². The van der Waals surface area contributed by atoms with Crippen molar-refractivity contribution in [2.45, 2.75) is 52.4 Å². The van der Waals surface area contributed by atoms with Crippen LogP contribution >= 0.6 is 0 Å². The number of carbonyl (C=O) groups excluding carboxylic acids is 1. The number of hydrogen-bond donors (Lipinski definition) is 1. The van der Waals surface area contributed by atoms with Gasteiger partial charge in [-0.25, -0.2) is 4.79 Å². The van der Waals surface area contributed by atoms with Crippen LogP contribution in [0.4, 0.5) is 4.79 Å². The second-order valence-corrected chi connectivity index (χ2v) is 8.55. The van der Waals surface area contributed by atoms with Crippen LogP contribution in [0.2, 0.25) is 0 Å². The minimum Gasteiger partial charge on any atom is -0.496 e. The van der Waals surface area contributed by atoms with E-state index in [1.807, 2.05) is 56.0 Å². The van der Waals surface area contributed by atoms with Crippen LogP contribution in [-0.2, 0) is 17.9 Å². The Bertz CT molecular complexity index is 833. The van der Waals surface area contributed by atoms with Crippen molar-refractivity contribution in [3.05, 3.63) is 36.2 Å². The minimum atomic E-state index is -0.465. The number of methoxy groups -OCH3 is 1. The number of carbonyl (C=O) groups is 1. The molecule has 2 heterocycles. The van der Waals surface area contributed by atoms with Gasteiger partial charge in [0.15, 0.2) is 0 Å². The Morgan fingerprint density at radius 1 is 1.28 bits per heavy atom. The predicted octanol–water partition coefficient (Wildman–Crippen LogP) is 3.70. The summed E-state index contributed by atoms with van der Waals surface area (Å²) < 4.78 is 12.9. The molecule has 1 amide bonds. The number of aliphatic hydroxyl groups excluding tert-OH is 1. The Balaban J connectivity index is 1.60. The van der Waals surface area contributed by atoms with Gasteiger partial charge in [-0.1, -0.05) is 6.07 Å². The van der Waals surface area contributed by atoms with Crippen LogP contribution in [0.15, 0.2) is 30.6 Å². The van der Waals surface area contributed by atoms with Crippen molar-refractivity contribution in [2.75, 3.05) is 20.2 Å². The number of piperidine rings is 1. The van der Waals surface area contributed by atoms with Crippen molar-refractivity contribution in [3.63, 3.8) is 0 Å². The Morgan fingerprint density at radius 2 is 2.00 bits per heavy atom. The normalized spacial score (nSPS) is 15.4. The molecule has 0 spiro atoms. The number of aliphatic hydroxyl groups is 1. The molecule has 1 aliphatic heterocycles. The quantitative estimate of drug-likeness (QED) is 0.827. The lowest BCUT2D eigenvalue weighted by Gasteiger charge is -2.33. The highest BCUT2D eigenvalue weighted by molar-refractivity contribution is 5.70. The number of amides is 1. The predicted molar refractivity (Wildman–Crippen MR) is 111 cm³/mol. The third-order valence-electron chi connectivity index (χ3n) is 5.10. The van der Waals surface area contributed by atoms with Crippen LogP contribution in [0.5, 0.6) is 5.75 Å². The summed E-state index contributed by atoms with van der Waals surface area (Å²) in [6.45, 7) is 7.88. The topological polar surface area (TPSA) is 76.8 Å². The number of likely N-dealkylation sites (tertiary alicyclic amines) is 1. The van der Waals surface area contributed by atoms with Crippen LogP contribution in [-0.4, -0.2) is 51.7 Å². The molecular weight excluding hydrogens is 370 g/mol. The molecule has 1 saturated heterocycles. The Morgan fingerprint density at radius 3 is 2.62 bits per heavy atom. The molecule has 1 aliphatic rings. The first-order valence-electron chi connectivity index (χ1n) is 10.1. The summed E-state index contributed by atoms with van der Waals surface area (Å²) in [5, 5.41) is 13.9. The van der Waals surface area contributed by atoms with Gasteiger partial charge in [-0.3, -0.25) is 4.68 Å². The van der Waals surface area contributed by atoms with Gasteiger partial charge in [0.25, 0.3) is 0 Å². The van der Waals surface area contributed by atoms with Crippen molar-refractivity contribution in [3.8, 4) is 16.9 Å². The molecule has 2 aromatic rings. The molecule has 7 heteroatoms. The first kappa shape index (κ1) is 21.2. The average Bonchev–Trinajstić information content (AvgIpc) is 3.15. The van der Waals surface area contributed by atoms with E-state index in [1.165, 1.54) is 0 Å². The fourth-order valence-corrected chi connectivity index (χ4v) is 3.57. The standard InChI is InChI=1S/C22H31N3O4/c1-22(2,3)29-21(27)24-9-7-16(8-10-24)13-25-14-18(12-23-25)19-11-17(15-26)5-6-20(19)28-4/h5-6,11-12,14,16,26H,7-10,13,15H2,1-4H3.